The third-order valence-corrected chi connectivity index (χ3v) is 3.12. The minimum atomic E-state index is -0.601. The van der Waals surface area contributed by atoms with Gasteiger partial charge in [-0.15, -0.1) is 0 Å². The molecule has 0 saturated heterocycles. The Morgan fingerprint density at radius 3 is 2.94 bits per heavy atom. The molecule has 1 aromatic rings. The summed E-state index contributed by atoms with van der Waals surface area (Å²) in [7, 11) is 0. The lowest BCUT2D eigenvalue weighted by Crippen LogP contribution is -2.26. The van der Waals surface area contributed by atoms with E-state index in [1.54, 1.807) is 6.20 Å². The van der Waals surface area contributed by atoms with Crippen molar-refractivity contribution in [3.05, 3.63) is 29.1 Å². The lowest BCUT2D eigenvalue weighted by molar-refractivity contribution is 0.233. The molecule has 0 amide bonds. The second-order valence-electron chi connectivity index (χ2n) is 4.40. The van der Waals surface area contributed by atoms with Gasteiger partial charge >= 0.3 is 0 Å². The number of aromatic nitrogens is 1. The van der Waals surface area contributed by atoms with Gasteiger partial charge in [0, 0.05) is 6.20 Å². The zero-order valence-corrected chi connectivity index (χ0v) is 8.85. The Morgan fingerprint density at radius 2 is 2.25 bits per heavy atom. The summed E-state index contributed by atoms with van der Waals surface area (Å²) in [6, 6.07) is 1.83. The van der Waals surface area contributed by atoms with Gasteiger partial charge in [0.15, 0.2) is 0 Å². The monoisotopic (exact) mass is 218 g/mol. The van der Waals surface area contributed by atoms with Crippen molar-refractivity contribution in [2.24, 2.45) is 5.92 Å². The summed E-state index contributed by atoms with van der Waals surface area (Å²) in [5.74, 6) is 0.523. The first-order valence-electron chi connectivity index (χ1n) is 5.54. The van der Waals surface area contributed by atoms with Crippen molar-refractivity contribution in [3.63, 3.8) is 0 Å². The van der Waals surface area contributed by atoms with Crippen molar-refractivity contribution >= 4 is 11.8 Å². The van der Waals surface area contributed by atoms with Gasteiger partial charge in [0.05, 0.1) is 18.0 Å². The fourth-order valence-corrected chi connectivity index (χ4v) is 2.06. The number of rotatable bonds is 2. The number of fused-ring (bicyclic) bond motifs is 1. The van der Waals surface area contributed by atoms with Crippen LogP contribution in [0.3, 0.4) is 0 Å². The zero-order chi connectivity index (χ0) is 11.1. The van der Waals surface area contributed by atoms with Crippen LogP contribution in [0.5, 0.6) is 0 Å². The molecule has 2 aliphatic rings. The number of pyridine rings is 1. The van der Waals surface area contributed by atoms with Crippen LogP contribution in [-0.2, 0) is 6.61 Å². The lowest BCUT2D eigenvalue weighted by atomic mass is 10.0. The molecule has 84 valence electrons. The van der Waals surface area contributed by atoms with Crippen molar-refractivity contribution in [2.45, 2.75) is 25.7 Å². The predicted octanol–water partition coefficient (Wildman–Crippen LogP) is 1.11. The largest absolute Gasteiger partial charge is 0.392 e. The normalized spacial score (nSPS) is 23.4. The van der Waals surface area contributed by atoms with Crippen molar-refractivity contribution in [2.75, 3.05) is 5.32 Å². The van der Waals surface area contributed by atoms with Crippen molar-refractivity contribution < 1.29 is 10.2 Å². The van der Waals surface area contributed by atoms with E-state index in [9.17, 15) is 5.11 Å². The van der Waals surface area contributed by atoms with Gasteiger partial charge in [-0.3, -0.25) is 4.98 Å². The highest BCUT2D eigenvalue weighted by Gasteiger charge is 2.32. The van der Waals surface area contributed by atoms with Crippen LogP contribution in [0.25, 0.3) is 6.08 Å². The quantitative estimate of drug-likeness (QED) is 0.695. The molecule has 1 fully saturated rings. The van der Waals surface area contributed by atoms with E-state index in [0.717, 1.165) is 35.4 Å². The average Bonchev–Trinajstić information content (AvgIpc) is 3.11. The second kappa shape index (κ2) is 3.57. The van der Waals surface area contributed by atoms with Crippen LogP contribution in [-0.4, -0.2) is 21.4 Å². The summed E-state index contributed by atoms with van der Waals surface area (Å²) in [6.07, 6.45) is 5.36. The van der Waals surface area contributed by atoms with Crippen molar-refractivity contribution in [3.8, 4) is 0 Å². The number of aliphatic hydroxyl groups excluding tert-OH is 2. The van der Waals surface area contributed by atoms with Crippen molar-refractivity contribution in [1.29, 1.82) is 0 Å². The van der Waals surface area contributed by atoms with Gasteiger partial charge in [0.2, 0.25) is 0 Å². The third-order valence-electron chi connectivity index (χ3n) is 3.12. The highest BCUT2D eigenvalue weighted by Crippen LogP contribution is 2.41. The summed E-state index contributed by atoms with van der Waals surface area (Å²) < 4.78 is 0. The number of anilines is 1. The van der Waals surface area contributed by atoms with E-state index in [0.29, 0.717) is 5.92 Å². The summed E-state index contributed by atoms with van der Waals surface area (Å²) in [6.45, 7) is -0.0305. The summed E-state index contributed by atoms with van der Waals surface area (Å²) in [5, 5.41) is 21.9. The molecule has 2 heterocycles. The van der Waals surface area contributed by atoms with Crippen LogP contribution in [0.2, 0.25) is 0 Å². The Balaban J connectivity index is 2.00. The number of nitrogens with one attached hydrogen (secondary N) is 1. The Hall–Kier alpha value is -1.39. The van der Waals surface area contributed by atoms with Crippen LogP contribution >= 0.6 is 0 Å². The minimum absolute atomic E-state index is 0.0305. The zero-order valence-electron chi connectivity index (χ0n) is 8.85. The standard InChI is InChI=1S/C12H14N2O2/c15-6-7-3-11-10(13-5-7)4-9(8-1-2-8)12(16)14-11/h3-5,8,12,14-16H,1-2,6H2. The molecule has 4 heteroatoms. The highest BCUT2D eigenvalue weighted by molar-refractivity contribution is 5.71. The fourth-order valence-electron chi connectivity index (χ4n) is 2.06. The fraction of sp³-hybridized carbons (Fsp3) is 0.417. The van der Waals surface area contributed by atoms with E-state index < -0.39 is 6.23 Å². The van der Waals surface area contributed by atoms with Crippen LogP contribution in [0.1, 0.15) is 24.1 Å². The predicted molar refractivity (Wildman–Crippen MR) is 60.5 cm³/mol. The lowest BCUT2D eigenvalue weighted by Gasteiger charge is -2.24. The molecule has 1 aliphatic carbocycles. The van der Waals surface area contributed by atoms with Gasteiger partial charge in [-0.05, 0) is 42.0 Å². The molecule has 1 saturated carbocycles. The molecule has 0 radical (unpaired) electrons. The molecule has 3 N–H and O–H groups in total. The maximum absolute atomic E-state index is 9.92. The van der Waals surface area contributed by atoms with E-state index in [2.05, 4.69) is 10.3 Å². The molecular formula is C12H14N2O2. The van der Waals surface area contributed by atoms with Gasteiger partial charge in [-0.2, -0.15) is 0 Å². The molecule has 1 atom stereocenters. The summed E-state index contributed by atoms with van der Waals surface area (Å²) in [5.41, 5.74) is 3.44. The van der Waals surface area contributed by atoms with Crippen LogP contribution in [0.15, 0.2) is 17.8 Å². The molecule has 0 bridgehead atoms. The van der Waals surface area contributed by atoms with Gasteiger partial charge < -0.3 is 15.5 Å². The number of hydrogen-bond donors (Lipinski definition) is 3. The van der Waals surface area contributed by atoms with Crippen LogP contribution < -0.4 is 5.32 Å². The maximum Gasteiger partial charge on any atom is 0.147 e. The molecule has 0 spiro atoms. The van der Waals surface area contributed by atoms with E-state index in [4.69, 9.17) is 5.11 Å². The first kappa shape index (κ1) is 9.81. The molecule has 4 nitrogen and oxygen atoms in total. The molecule has 16 heavy (non-hydrogen) atoms. The Morgan fingerprint density at radius 1 is 1.44 bits per heavy atom. The van der Waals surface area contributed by atoms with Crippen LogP contribution in [0.4, 0.5) is 5.69 Å². The van der Waals surface area contributed by atoms with Crippen molar-refractivity contribution in [1.82, 2.24) is 4.98 Å². The van der Waals surface area contributed by atoms with E-state index in [1.165, 1.54) is 0 Å². The Labute approximate surface area is 93.6 Å². The smallest absolute Gasteiger partial charge is 0.147 e. The maximum atomic E-state index is 9.92. The van der Waals surface area contributed by atoms with E-state index in [1.807, 2.05) is 12.1 Å². The second-order valence-corrected chi connectivity index (χ2v) is 4.40. The first-order chi connectivity index (χ1) is 7.78. The Bertz CT molecular complexity index is 452. The third kappa shape index (κ3) is 1.60. The minimum Gasteiger partial charge on any atom is -0.392 e. The van der Waals surface area contributed by atoms with Crippen LogP contribution in [0, 0.1) is 5.92 Å². The molecule has 1 aromatic heterocycles. The highest BCUT2D eigenvalue weighted by atomic mass is 16.3. The number of hydrogen-bond acceptors (Lipinski definition) is 4. The molecule has 0 aromatic carbocycles. The average molecular weight is 218 g/mol. The molecule has 1 unspecified atom stereocenters. The molecular weight excluding hydrogens is 204 g/mol. The van der Waals surface area contributed by atoms with Gasteiger partial charge in [0.1, 0.15) is 6.23 Å². The SMILES string of the molecule is OCc1cnc2c(c1)NC(O)C(C1CC1)=C2. The number of aliphatic hydroxyl groups is 2. The van der Waals surface area contributed by atoms with E-state index in [-0.39, 0.29) is 6.61 Å². The van der Waals surface area contributed by atoms with E-state index >= 15 is 0 Å². The molecule has 3 rings (SSSR count). The topological polar surface area (TPSA) is 65.4 Å². The summed E-state index contributed by atoms with van der Waals surface area (Å²) in [4.78, 5) is 4.27. The van der Waals surface area contributed by atoms with Gasteiger partial charge in [0.25, 0.3) is 0 Å². The van der Waals surface area contributed by atoms with Gasteiger partial charge in [-0.1, -0.05) is 0 Å². The number of nitrogens with zero attached hydrogens (tertiary/aromatic N) is 1. The molecule has 1 aliphatic heterocycles. The summed E-state index contributed by atoms with van der Waals surface area (Å²) >= 11 is 0. The van der Waals surface area contributed by atoms with Gasteiger partial charge in [-0.25, -0.2) is 0 Å². The Kier molecular flexibility index (Phi) is 2.19. The first-order valence-corrected chi connectivity index (χ1v) is 5.54.